The van der Waals surface area contributed by atoms with Crippen molar-refractivity contribution in [3.05, 3.63) is 188 Å². The second-order valence-electron chi connectivity index (χ2n) is 14.3. The maximum atomic E-state index is 5.14. The fourth-order valence-electron chi connectivity index (χ4n) is 8.84. The summed E-state index contributed by atoms with van der Waals surface area (Å²) in [5.74, 6) is 0. The lowest BCUT2D eigenvalue weighted by Gasteiger charge is -2.12. The summed E-state index contributed by atoms with van der Waals surface area (Å²) in [7, 11) is 0. The minimum Gasteiger partial charge on any atom is -0.309 e. The lowest BCUT2D eigenvalue weighted by Crippen LogP contribution is -1.96. The number of nitrogens with zero attached hydrogens (tertiary/aromatic N) is 3. The quantitative estimate of drug-likeness (QED) is 0.178. The Kier molecular flexibility index (Phi) is 6.50. The molecule has 256 valence electrons. The highest BCUT2D eigenvalue weighted by atomic mass is 32.1. The molecule has 0 unspecified atom stereocenters. The lowest BCUT2D eigenvalue weighted by molar-refractivity contribution is 1.16. The molecular weight excluding hydrogens is 687 g/mol. The lowest BCUT2D eigenvalue weighted by atomic mass is 9.98. The van der Waals surface area contributed by atoms with Gasteiger partial charge in [0.2, 0.25) is 0 Å². The van der Waals surface area contributed by atoms with Crippen molar-refractivity contribution in [3.63, 3.8) is 0 Å². The van der Waals surface area contributed by atoms with E-state index in [-0.39, 0.29) is 0 Å². The van der Waals surface area contributed by atoms with Crippen LogP contribution in [-0.4, -0.2) is 14.1 Å². The van der Waals surface area contributed by atoms with Crippen LogP contribution in [0.3, 0.4) is 0 Å². The molecule has 0 radical (unpaired) electrons. The van der Waals surface area contributed by atoms with Crippen LogP contribution in [-0.2, 0) is 0 Å². The van der Waals surface area contributed by atoms with E-state index in [4.69, 9.17) is 4.98 Å². The number of para-hydroxylation sites is 3. The van der Waals surface area contributed by atoms with Gasteiger partial charge in [-0.15, -0.1) is 11.3 Å². The molecule has 0 aliphatic rings. The zero-order chi connectivity index (χ0) is 36.0. The number of fused-ring (bicyclic) bond motifs is 11. The zero-order valence-electron chi connectivity index (χ0n) is 29.6. The van der Waals surface area contributed by atoms with Crippen LogP contribution in [0.5, 0.6) is 0 Å². The molecule has 12 aromatic rings. The standard InChI is InChI=1S/C51H31N3S/c1-3-13-32(14-4-1)40-30-44(52-43-20-10-7-17-36(40)43)33-23-25-35(26-24-33)53-45-21-11-8-18-37(45)41-29-42-48(31-47(41)53)54(34-15-5-2-6-16-34)46-28-27-39-38-19-9-12-22-49(38)55-51(39)50(42)46/h1-31H. The van der Waals surface area contributed by atoms with Gasteiger partial charge in [-0.1, -0.05) is 121 Å². The molecule has 0 aliphatic carbocycles. The van der Waals surface area contributed by atoms with Crippen LogP contribution in [0.4, 0.5) is 0 Å². The monoisotopic (exact) mass is 717 g/mol. The molecule has 55 heavy (non-hydrogen) atoms. The molecule has 4 aromatic heterocycles. The number of aromatic nitrogens is 3. The first-order valence-electron chi connectivity index (χ1n) is 18.7. The van der Waals surface area contributed by atoms with E-state index in [0.717, 1.165) is 33.5 Å². The third kappa shape index (κ3) is 4.52. The van der Waals surface area contributed by atoms with Crippen LogP contribution in [0.2, 0.25) is 0 Å². The van der Waals surface area contributed by atoms with Crippen molar-refractivity contribution in [2.75, 3.05) is 0 Å². The van der Waals surface area contributed by atoms with E-state index in [1.54, 1.807) is 0 Å². The van der Waals surface area contributed by atoms with Crippen LogP contribution in [0.1, 0.15) is 0 Å². The fourth-order valence-corrected chi connectivity index (χ4v) is 10.1. The molecule has 12 rings (SSSR count). The molecule has 0 atom stereocenters. The largest absolute Gasteiger partial charge is 0.309 e. The Hall–Kier alpha value is -7.01. The van der Waals surface area contributed by atoms with Gasteiger partial charge in [0.05, 0.1) is 33.3 Å². The smallest absolute Gasteiger partial charge is 0.0715 e. The van der Waals surface area contributed by atoms with Crippen molar-refractivity contribution in [3.8, 4) is 33.8 Å². The van der Waals surface area contributed by atoms with E-state index >= 15 is 0 Å². The summed E-state index contributed by atoms with van der Waals surface area (Å²) < 4.78 is 7.55. The molecule has 0 saturated carbocycles. The molecule has 0 bridgehead atoms. The molecule has 0 amide bonds. The van der Waals surface area contributed by atoms with Gasteiger partial charge in [-0.2, -0.15) is 0 Å². The molecule has 0 N–H and O–H groups in total. The second-order valence-corrected chi connectivity index (χ2v) is 15.4. The Morgan fingerprint density at radius 1 is 0.382 bits per heavy atom. The van der Waals surface area contributed by atoms with E-state index < -0.39 is 0 Å². The highest BCUT2D eigenvalue weighted by Crippen LogP contribution is 2.45. The molecular formula is C51H31N3S. The third-order valence-electron chi connectivity index (χ3n) is 11.3. The molecule has 4 heterocycles. The summed E-state index contributed by atoms with van der Waals surface area (Å²) in [5.41, 5.74) is 12.5. The van der Waals surface area contributed by atoms with Crippen molar-refractivity contribution in [2.45, 2.75) is 0 Å². The summed E-state index contributed by atoms with van der Waals surface area (Å²) in [6, 6.07) is 68.2. The minimum atomic E-state index is 0.966. The molecule has 4 heteroatoms. The van der Waals surface area contributed by atoms with E-state index in [0.29, 0.717) is 0 Å². The number of benzene rings is 8. The summed E-state index contributed by atoms with van der Waals surface area (Å²) in [4.78, 5) is 5.14. The summed E-state index contributed by atoms with van der Waals surface area (Å²) >= 11 is 1.90. The van der Waals surface area contributed by atoms with Gasteiger partial charge in [0.1, 0.15) is 0 Å². The van der Waals surface area contributed by atoms with Crippen molar-refractivity contribution in [1.29, 1.82) is 0 Å². The number of hydrogen-bond acceptors (Lipinski definition) is 2. The number of rotatable bonds is 4. The Labute approximate surface area is 320 Å². The van der Waals surface area contributed by atoms with Crippen molar-refractivity contribution >= 4 is 86.0 Å². The first-order valence-corrected chi connectivity index (χ1v) is 19.5. The summed E-state index contributed by atoms with van der Waals surface area (Å²) in [6.07, 6.45) is 0. The Morgan fingerprint density at radius 2 is 1.04 bits per heavy atom. The van der Waals surface area contributed by atoms with Gasteiger partial charge < -0.3 is 9.13 Å². The Bertz CT molecular complexity index is 3460. The van der Waals surface area contributed by atoms with Gasteiger partial charge in [-0.3, -0.25) is 0 Å². The first kappa shape index (κ1) is 30.5. The van der Waals surface area contributed by atoms with E-state index in [1.807, 2.05) is 11.3 Å². The normalized spacial score (nSPS) is 12.0. The summed E-state index contributed by atoms with van der Waals surface area (Å²) in [5, 5.41) is 8.89. The van der Waals surface area contributed by atoms with Gasteiger partial charge in [0.25, 0.3) is 0 Å². The Morgan fingerprint density at radius 3 is 1.87 bits per heavy atom. The Balaban J connectivity index is 1.10. The third-order valence-corrected chi connectivity index (χ3v) is 12.5. The average Bonchev–Trinajstić information content (AvgIpc) is 3.90. The SMILES string of the molecule is c1ccc(-c2cc(-c3ccc(-n4c5ccccc5c5cc6c7c8sc9ccccc9c8ccc7n(-c7ccccc7)c6cc54)cc3)nc3ccccc23)cc1. The van der Waals surface area contributed by atoms with Gasteiger partial charge in [0, 0.05) is 64.0 Å². The van der Waals surface area contributed by atoms with Gasteiger partial charge in [-0.25, -0.2) is 4.98 Å². The fraction of sp³-hybridized carbons (Fsp3) is 0. The van der Waals surface area contributed by atoms with E-state index in [2.05, 4.69) is 197 Å². The molecule has 8 aromatic carbocycles. The van der Waals surface area contributed by atoms with Crippen LogP contribution in [0.25, 0.3) is 108 Å². The van der Waals surface area contributed by atoms with Gasteiger partial charge >= 0.3 is 0 Å². The zero-order valence-corrected chi connectivity index (χ0v) is 30.5. The average molecular weight is 718 g/mol. The van der Waals surface area contributed by atoms with Gasteiger partial charge in [-0.05, 0) is 77.9 Å². The van der Waals surface area contributed by atoms with Crippen LogP contribution >= 0.6 is 11.3 Å². The molecule has 0 fully saturated rings. The van der Waals surface area contributed by atoms with Gasteiger partial charge in [0.15, 0.2) is 0 Å². The highest BCUT2D eigenvalue weighted by molar-refractivity contribution is 7.26. The van der Waals surface area contributed by atoms with Crippen LogP contribution in [0, 0.1) is 0 Å². The molecule has 0 spiro atoms. The second kappa shape index (κ2) is 11.7. The molecule has 3 nitrogen and oxygen atoms in total. The maximum absolute atomic E-state index is 5.14. The molecule has 0 aliphatic heterocycles. The van der Waals surface area contributed by atoms with E-state index in [1.165, 1.54) is 74.9 Å². The van der Waals surface area contributed by atoms with Crippen LogP contribution in [0.15, 0.2) is 188 Å². The number of thiophene rings is 1. The molecule has 0 saturated heterocycles. The van der Waals surface area contributed by atoms with Crippen molar-refractivity contribution < 1.29 is 0 Å². The highest BCUT2D eigenvalue weighted by Gasteiger charge is 2.21. The predicted octanol–water partition coefficient (Wildman–Crippen LogP) is 14.1. The minimum absolute atomic E-state index is 0.966. The maximum Gasteiger partial charge on any atom is 0.0715 e. The van der Waals surface area contributed by atoms with E-state index in [9.17, 15) is 0 Å². The number of pyridine rings is 1. The van der Waals surface area contributed by atoms with Crippen molar-refractivity contribution in [2.24, 2.45) is 0 Å². The number of hydrogen-bond donors (Lipinski definition) is 0. The first-order chi connectivity index (χ1) is 27.3. The topological polar surface area (TPSA) is 22.8 Å². The predicted molar refractivity (Wildman–Crippen MR) is 234 cm³/mol. The van der Waals surface area contributed by atoms with Crippen LogP contribution < -0.4 is 0 Å². The van der Waals surface area contributed by atoms with Crippen molar-refractivity contribution in [1.82, 2.24) is 14.1 Å². The summed E-state index contributed by atoms with van der Waals surface area (Å²) in [6.45, 7) is 0.